The summed E-state index contributed by atoms with van der Waals surface area (Å²) in [5, 5.41) is 3.63. The van der Waals surface area contributed by atoms with Gasteiger partial charge >= 0.3 is 11.5 Å². The molecule has 1 amide bonds. The summed E-state index contributed by atoms with van der Waals surface area (Å²) >= 11 is -0.211. The van der Waals surface area contributed by atoms with E-state index in [1.54, 1.807) is 6.92 Å². The number of hydrogen-bond donors (Lipinski definition) is 1. The smallest absolute Gasteiger partial charge is 0.446 e. The lowest BCUT2D eigenvalue weighted by Crippen LogP contribution is -2.58. The summed E-state index contributed by atoms with van der Waals surface area (Å²) in [6.07, 6.45) is 3.86. The highest BCUT2D eigenvalue weighted by Crippen LogP contribution is 2.53. The van der Waals surface area contributed by atoms with Crippen molar-refractivity contribution in [1.29, 1.82) is 0 Å². The fraction of sp³-hybridized carbons (Fsp3) is 0.393. The first-order valence-electron chi connectivity index (χ1n) is 12.2. The van der Waals surface area contributed by atoms with Gasteiger partial charge in [0.05, 0.1) is 29.3 Å². The molecule has 6 rings (SSSR count). The highest BCUT2D eigenvalue weighted by molar-refractivity contribution is 8.00. The molecule has 2 aromatic carbocycles. The van der Waals surface area contributed by atoms with Crippen molar-refractivity contribution < 1.29 is 27.5 Å². The predicted molar refractivity (Wildman–Crippen MR) is 136 cm³/mol. The lowest BCUT2D eigenvalue weighted by atomic mass is 9.57. The number of pyridine rings is 1. The molecule has 194 valence electrons. The molecule has 1 aromatic heterocycles. The first-order chi connectivity index (χ1) is 17.5. The van der Waals surface area contributed by atoms with Crippen molar-refractivity contribution in [2.45, 2.75) is 61.4 Å². The number of amides is 1. The molecule has 3 aromatic rings. The Morgan fingerprint density at radius 1 is 1.00 bits per heavy atom. The number of benzene rings is 2. The summed E-state index contributed by atoms with van der Waals surface area (Å²) in [7, 11) is 1.41. The van der Waals surface area contributed by atoms with E-state index in [9.17, 15) is 22.8 Å². The molecule has 1 heterocycles. The number of esters is 1. The van der Waals surface area contributed by atoms with Crippen LogP contribution in [0.3, 0.4) is 0 Å². The lowest BCUT2D eigenvalue weighted by Gasteiger charge is -2.52. The predicted octanol–water partition coefficient (Wildman–Crippen LogP) is 6.82. The molecule has 0 aliphatic heterocycles. The van der Waals surface area contributed by atoms with Crippen LogP contribution in [0.5, 0.6) is 0 Å². The molecule has 0 spiro atoms. The first-order valence-corrected chi connectivity index (χ1v) is 13.0. The van der Waals surface area contributed by atoms with Gasteiger partial charge in [-0.2, -0.15) is 13.2 Å². The molecule has 37 heavy (non-hydrogen) atoms. The Hall–Kier alpha value is -3.07. The van der Waals surface area contributed by atoms with Crippen molar-refractivity contribution in [2.24, 2.45) is 5.41 Å². The van der Waals surface area contributed by atoms with Crippen molar-refractivity contribution in [1.82, 2.24) is 10.3 Å². The maximum absolute atomic E-state index is 13.9. The molecule has 3 fully saturated rings. The van der Waals surface area contributed by atoms with Crippen LogP contribution in [-0.2, 0) is 9.53 Å². The number of carbonyl (C=O) groups excluding carboxylic acids is 2. The molecule has 2 bridgehead atoms. The second-order valence-electron chi connectivity index (χ2n) is 10.1. The van der Waals surface area contributed by atoms with Crippen LogP contribution in [0.4, 0.5) is 13.2 Å². The summed E-state index contributed by atoms with van der Waals surface area (Å²) < 4.78 is 44.4. The molecule has 0 atom stereocenters. The van der Waals surface area contributed by atoms with Crippen LogP contribution in [0, 0.1) is 12.3 Å². The molecule has 1 N–H and O–H groups in total. The molecule has 3 saturated carbocycles. The second kappa shape index (κ2) is 9.35. The summed E-state index contributed by atoms with van der Waals surface area (Å²) in [6, 6.07) is 13.7. The molecule has 5 nitrogen and oxygen atoms in total. The van der Waals surface area contributed by atoms with Crippen LogP contribution in [-0.4, -0.2) is 35.0 Å². The summed E-state index contributed by atoms with van der Waals surface area (Å²) in [4.78, 5) is 31.0. The Balaban J connectivity index is 1.56. The van der Waals surface area contributed by atoms with E-state index in [0.717, 1.165) is 5.56 Å². The Kier molecular flexibility index (Phi) is 6.46. The van der Waals surface area contributed by atoms with Crippen molar-refractivity contribution >= 4 is 34.5 Å². The molecule has 0 saturated heterocycles. The number of ether oxygens (including phenoxy) is 1. The van der Waals surface area contributed by atoms with Gasteiger partial charge < -0.3 is 10.1 Å². The van der Waals surface area contributed by atoms with E-state index in [1.807, 2.05) is 30.3 Å². The third-order valence-electron chi connectivity index (χ3n) is 7.95. The number of nitrogens with zero attached hydrogens (tertiary/aromatic N) is 1. The van der Waals surface area contributed by atoms with Crippen LogP contribution in [0.25, 0.3) is 22.2 Å². The molecule has 3 aliphatic carbocycles. The Labute approximate surface area is 217 Å². The van der Waals surface area contributed by atoms with E-state index in [-0.39, 0.29) is 28.5 Å². The fourth-order valence-corrected chi connectivity index (χ4v) is 6.48. The topological polar surface area (TPSA) is 68.3 Å². The highest BCUT2D eigenvalue weighted by atomic mass is 32.2. The average molecular weight is 529 g/mol. The monoisotopic (exact) mass is 528 g/mol. The lowest BCUT2D eigenvalue weighted by molar-refractivity contribution is -0.160. The van der Waals surface area contributed by atoms with E-state index in [0.29, 0.717) is 66.2 Å². The van der Waals surface area contributed by atoms with E-state index >= 15 is 0 Å². The van der Waals surface area contributed by atoms with Crippen molar-refractivity contribution in [3.05, 3.63) is 59.7 Å². The molecule has 3 aliphatic rings. The largest absolute Gasteiger partial charge is 0.469 e. The Morgan fingerprint density at radius 2 is 1.65 bits per heavy atom. The number of halogens is 3. The third-order valence-corrected chi connectivity index (χ3v) is 8.67. The van der Waals surface area contributed by atoms with Gasteiger partial charge in [0.15, 0.2) is 0 Å². The van der Waals surface area contributed by atoms with Crippen LogP contribution in [0.2, 0.25) is 0 Å². The van der Waals surface area contributed by atoms with Gasteiger partial charge in [0.1, 0.15) is 0 Å². The number of methoxy groups -OCH3 is 1. The molecule has 0 radical (unpaired) electrons. The van der Waals surface area contributed by atoms with Crippen LogP contribution in [0.1, 0.15) is 54.4 Å². The normalized spacial score (nSPS) is 23.2. The zero-order valence-electron chi connectivity index (χ0n) is 20.6. The number of rotatable bonds is 5. The molecular weight excluding hydrogens is 501 g/mol. The number of hydrogen-bond acceptors (Lipinski definition) is 5. The van der Waals surface area contributed by atoms with Gasteiger partial charge in [0.25, 0.3) is 5.91 Å². The summed E-state index contributed by atoms with van der Waals surface area (Å²) in [5.74, 6) is -0.519. The number of thioether (sulfide) groups is 1. The van der Waals surface area contributed by atoms with E-state index in [1.165, 1.54) is 25.3 Å². The maximum atomic E-state index is 13.9. The van der Waals surface area contributed by atoms with Crippen LogP contribution in [0.15, 0.2) is 53.4 Å². The Morgan fingerprint density at radius 3 is 2.24 bits per heavy atom. The van der Waals surface area contributed by atoms with Gasteiger partial charge in [-0.25, -0.2) is 4.98 Å². The van der Waals surface area contributed by atoms with E-state index in [2.05, 4.69) is 5.32 Å². The van der Waals surface area contributed by atoms with Crippen LogP contribution < -0.4 is 5.32 Å². The number of alkyl halides is 3. The molecule has 9 heteroatoms. The van der Waals surface area contributed by atoms with Crippen molar-refractivity contribution in [3.8, 4) is 11.3 Å². The third kappa shape index (κ3) is 4.81. The second-order valence-corrected chi connectivity index (χ2v) is 11.2. The van der Waals surface area contributed by atoms with Gasteiger partial charge in [0, 0.05) is 21.4 Å². The fourth-order valence-electron chi connectivity index (χ4n) is 5.90. The summed E-state index contributed by atoms with van der Waals surface area (Å²) in [5.41, 5.74) is -2.56. The zero-order chi connectivity index (χ0) is 26.4. The van der Waals surface area contributed by atoms with Gasteiger partial charge in [-0.15, -0.1) is 0 Å². The van der Waals surface area contributed by atoms with Gasteiger partial charge in [-0.1, -0.05) is 30.3 Å². The first kappa shape index (κ1) is 25.6. The quantitative estimate of drug-likeness (QED) is 0.291. The van der Waals surface area contributed by atoms with Crippen molar-refractivity contribution in [2.75, 3.05) is 7.11 Å². The minimum atomic E-state index is -4.45. The SMILES string of the molecule is COC(=O)C12CCC(NC(=O)c3c(C)c(-c4ccccc4)nc4ccc(SC(F)(F)F)cc34)(CC1)CC2. The van der Waals surface area contributed by atoms with Gasteiger partial charge in [0.2, 0.25) is 0 Å². The minimum Gasteiger partial charge on any atom is -0.469 e. The minimum absolute atomic E-state index is 0.000862. The van der Waals surface area contributed by atoms with Crippen LogP contribution >= 0.6 is 11.8 Å². The highest BCUT2D eigenvalue weighted by Gasteiger charge is 2.53. The van der Waals surface area contributed by atoms with E-state index in [4.69, 9.17) is 9.72 Å². The zero-order valence-corrected chi connectivity index (χ0v) is 21.4. The van der Waals surface area contributed by atoms with Gasteiger partial charge in [-0.3, -0.25) is 9.59 Å². The van der Waals surface area contributed by atoms with Crippen molar-refractivity contribution in [3.63, 3.8) is 0 Å². The number of fused-ring (bicyclic) bond motifs is 4. The number of carbonyl (C=O) groups is 2. The molecular formula is C28H27F3N2O3S. The summed E-state index contributed by atoms with van der Waals surface area (Å²) in [6.45, 7) is 1.79. The van der Waals surface area contributed by atoms with Gasteiger partial charge in [-0.05, 0) is 81.0 Å². The number of aromatic nitrogens is 1. The Bertz CT molecular complexity index is 1350. The average Bonchev–Trinajstić information content (AvgIpc) is 2.88. The number of nitrogens with one attached hydrogen (secondary N) is 1. The molecule has 0 unspecified atom stereocenters. The van der Waals surface area contributed by atoms with E-state index < -0.39 is 16.5 Å². The maximum Gasteiger partial charge on any atom is 0.446 e. The standard InChI is InChI=1S/C28H27F3N2O3S/c1-17-22(24(34)33-27-13-10-26(11-14-27,12-15-27)25(35)36-2)20-16-19(37-28(29,30)31)8-9-21(20)32-23(17)18-6-4-3-5-7-18/h3-9,16H,10-15H2,1-2H3,(H,33,34).